The van der Waals surface area contributed by atoms with Gasteiger partial charge in [-0.15, -0.1) is 0 Å². The number of carbonyl (C=O) groups is 1. The van der Waals surface area contributed by atoms with Gasteiger partial charge >= 0.3 is 6.18 Å². The summed E-state index contributed by atoms with van der Waals surface area (Å²) in [4.78, 5) is 10.6. The largest absolute Gasteiger partial charge is 0.507 e. The van der Waals surface area contributed by atoms with Crippen molar-refractivity contribution in [3.63, 3.8) is 0 Å². The molecule has 1 atom stereocenters. The minimum absolute atomic E-state index is 0.0751. The molecule has 0 aliphatic carbocycles. The van der Waals surface area contributed by atoms with Crippen LogP contribution in [0.3, 0.4) is 0 Å². The maximum Gasteiger partial charge on any atom is 0.423 e. The van der Waals surface area contributed by atoms with Gasteiger partial charge in [0.1, 0.15) is 30.0 Å². The Labute approximate surface area is 155 Å². The van der Waals surface area contributed by atoms with Crippen LogP contribution in [0.4, 0.5) is 13.2 Å². The first-order chi connectivity index (χ1) is 12.8. The lowest BCUT2D eigenvalue weighted by atomic mass is 9.95. The van der Waals surface area contributed by atoms with Gasteiger partial charge in [-0.25, -0.2) is 0 Å². The van der Waals surface area contributed by atoms with Crippen molar-refractivity contribution in [1.82, 2.24) is 0 Å². The number of ether oxygens (including phenoxy) is 1. The Bertz CT molecular complexity index is 773. The molecule has 0 saturated carbocycles. The average molecular weight is 381 g/mol. The van der Waals surface area contributed by atoms with Crippen molar-refractivity contribution in [3.8, 4) is 11.5 Å². The van der Waals surface area contributed by atoms with Crippen LogP contribution in [0.1, 0.15) is 35.6 Å². The molecule has 0 spiro atoms. The van der Waals surface area contributed by atoms with Gasteiger partial charge in [-0.05, 0) is 35.1 Å². The third-order valence-electron chi connectivity index (χ3n) is 4.23. The molecule has 2 aromatic rings. The van der Waals surface area contributed by atoms with Crippen molar-refractivity contribution >= 4 is 6.29 Å². The molecule has 0 aliphatic rings. The van der Waals surface area contributed by atoms with Gasteiger partial charge in [-0.3, -0.25) is 0 Å². The van der Waals surface area contributed by atoms with Crippen molar-refractivity contribution in [2.75, 3.05) is 0 Å². The van der Waals surface area contributed by atoms with E-state index in [1.165, 1.54) is 12.1 Å². The predicted octanol–water partition coefficient (Wildman–Crippen LogP) is 4.22. The molecule has 4 nitrogen and oxygen atoms in total. The molecule has 0 aliphatic heterocycles. The lowest BCUT2D eigenvalue weighted by Gasteiger charge is -2.19. The number of aldehydes is 1. The molecule has 1 unspecified atom stereocenters. The number of carbonyl (C=O) groups excluding carboxylic acids is 1. The Hall–Kier alpha value is -2.54. The van der Waals surface area contributed by atoms with Crippen molar-refractivity contribution in [1.29, 1.82) is 0 Å². The van der Waals surface area contributed by atoms with Crippen LogP contribution in [-0.4, -0.2) is 11.4 Å². The highest BCUT2D eigenvalue weighted by molar-refractivity contribution is 5.52. The SMILES string of the molecule is CC(CC=O)Cc1ccc(OCc2ccc(CN)cc2)c(C(F)(F)F)c1O. The van der Waals surface area contributed by atoms with E-state index < -0.39 is 23.2 Å². The first-order valence-electron chi connectivity index (χ1n) is 8.52. The fourth-order valence-corrected chi connectivity index (χ4v) is 2.73. The van der Waals surface area contributed by atoms with Crippen LogP contribution in [0.5, 0.6) is 11.5 Å². The quantitative estimate of drug-likeness (QED) is 0.672. The van der Waals surface area contributed by atoms with Crippen molar-refractivity contribution in [2.24, 2.45) is 11.7 Å². The normalized spacial score (nSPS) is 12.6. The van der Waals surface area contributed by atoms with E-state index in [4.69, 9.17) is 10.5 Å². The van der Waals surface area contributed by atoms with E-state index in [-0.39, 0.29) is 30.9 Å². The summed E-state index contributed by atoms with van der Waals surface area (Å²) in [6.07, 6.45) is -3.70. The summed E-state index contributed by atoms with van der Waals surface area (Å²) in [5.74, 6) is -1.46. The smallest absolute Gasteiger partial charge is 0.423 e. The highest BCUT2D eigenvalue weighted by Gasteiger charge is 2.39. The highest BCUT2D eigenvalue weighted by Crippen LogP contribution is 2.44. The maximum absolute atomic E-state index is 13.5. The molecule has 0 radical (unpaired) electrons. The molecule has 27 heavy (non-hydrogen) atoms. The Morgan fingerprint density at radius 2 is 1.78 bits per heavy atom. The molecule has 7 heteroatoms. The standard InChI is InChI=1S/C20H22F3NO3/c1-13(8-9-25)10-16-6-7-17(18(19(16)26)20(21,22)23)27-12-15-4-2-14(11-24)3-5-15/h2-7,9,13,26H,8,10-12,24H2,1H3. The molecular weight excluding hydrogens is 359 g/mol. The van der Waals surface area contributed by atoms with Gasteiger partial charge < -0.3 is 20.4 Å². The molecule has 0 heterocycles. The summed E-state index contributed by atoms with van der Waals surface area (Å²) in [6.45, 7) is 2.03. The van der Waals surface area contributed by atoms with Crippen LogP contribution < -0.4 is 10.5 Å². The van der Waals surface area contributed by atoms with Crippen molar-refractivity contribution in [3.05, 3.63) is 58.7 Å². The fourth-order valence-electron chi connectivity index (χ4n) is 2.73. The zero-order chi connectivity index (χ0) is 20.0. The van der Waals surface area contributed by atoms with Gasteiger partial charge in [0, 0.05) is 13.0 Å². The molecule has 0 amide bonds. The molecule has 146 valence electrons. The lowest BCUT2D eigenvalue weighted by Crippen LogP contribution is -2.11. The van der Waals surface area contributed by atoms with E-state index in [1.54, 1.807) is 31.2 Å². The Balaban J connectivity index is 2.26. The first-order valence-corrected chi connectivity index (χ1v) is 8.52. The molecule has 0 aromatic heterocycles. The summed E-state index contributed by atoms with van der Waals surface area (Å²) >= 11 is 0. The highest BCUT2D eigenvalue weighted by atomic mass is 19.4. The van der Waals surface area contributed by atoms with Crippen LogP contribution in [0.25, 0.3) is 0 Å². The maximum atomic E-state index is 13.5. The molecule has 2 aromatic carbocycles. The third-order valence-corrected chi connectivity index (χ3v) is 4.23. The topological polar surface area (TPSA) is 72.5 Å². The molecule has 0 saturated heterocycles. The van der Waals surface area contributed by atoms with Gasteiger partial charge in [0.25, 0.3) is 0 Å². The van der Waals surface area contributed by atoms with E-state index in [1.807, 2.05) is 0 Å². The molecule has 3 N–H and O–H groups in total. The zero-order valence-corrected chi connectivity index (χ0v) is 14.9. The minimum Gasteiger partial charge on any atom is -0.507 e. The summed E-state index contributed by atoms with van der Waals surface area (Å²) in [6, 6.07) is 9.62. The number of nitrogens with two attached hydrogens (primary N) is 1. The fraction of sp³-hybridized carbons (Fsp3) is 0.350. The van der Waals surface area contributed by atoms with Gasteiger partial charge in [0.15, 0.2) is 0 Å². The lowest BCUT2D eigenvalue weighted by molar-refractivity contribution is -0.140. The summed E-state index contributed by atoms with van der Waals surface area (Å²) in [5.41, 5.74) is 6.04. The van der Waals surface area contributed by atoms with Crippen molar-refractivity contribution in [2.45, 2.75) is 39.1 Å². The number of alkyl halides is 3. The number of hydrogen-bond donors (Lipinski definition) is 2. The Morgan fingerprint density at radius 3 is 2.33 bits per heavy atom. The second-order valence-electron chi connectivity index (χ2n) is 6.47. The van der Waals surface area contributed by atoms with Crippen LogP contribution in [0, 0.1) is 5.92 Å². The summed E-state index contributed by atoms with van der Waals surface area (Å²) in [5, 5.41) is 10.2. The van der Waals surface area contributed by atoms with E-state index in [9.17, 15) is 23.1 Å². The second kappa shape index (κ2) is 8.90. The van der Waals surface area contributed by atoms with Gasteiger partial charge in [-0.1, -0.05) is 37.3 Å². The summed E-state index contributed by atoms with van der Waals surface area (Å²) in [7, 11) is 0. The molecule has 0 bridgehead atoms. The number of halogens is 3. The monoisotopic (exact) mass is 381 g/mol. The van der Waals surface area contributed by atoms with Crippen LogP contribution in [0.15, 0.2) is 36.4 Å². The number of rotatable bonds is 8. The van der Waals surface area contributed by atoms with E-state index >= 15 is 0 Å². The van der Waals surface area contributed by atoms with E-state index in [0.717, 1.165) is 5.56 Å². The van der Waals surface area contributed by atoms with Gasteiger partial charge in [0.2, 0.25) is 0 Å². The molecule has 2 rings (SSSR count). The summed E-state index contributed by atoms with van der Waals surface area (Å²) < 4.78 is 45.8. The zero-order valence-electron chi connectivity index (χ0n) is 14.9. The number of aromatic hydroxyl groups is 1. The van der Waals surface area contributed by atoms with Crippen LogP contribution in [-0.2, 0) is 30.5 Å². The van der Waals surface area contributed by atoms with E-state index in [0.29, 0.717) is 18.4 Å². The third kappa shape index (κ3) is 5.47. The number of phenols is 1. The number of benzene rings is 2. The van der Waals surface area contributed by atoms with Crippen LogP contribution >= 0.6 is 0 Å². The minimum atomic E-state index is -4.77. The van der Waals surface area contributed by atoms with Crippen molar-refractivity contribution < 1.29 is 27.8 Å². The molecular formula is C20H22F3NO3. The molecule has 0 fully saturated rings. The van der Waals surface area contributed by atoms with Gasteiger partial charge in [0.05, 0.1) is 0 Å². The number of hydrogen-bond acceptors (Lipinski definition) is 4. The van der Waals surface area contributed by atoms with Crippen LogP contribution in [0.2, 0.25) is 0 Å². The Morgan fingerprint density at radius 1 is 1.15 bits per heavy atom. The number of phenolic OH excluding ortho intramolecular Hbond substituents is 1. The van der Waals surface area contributed by atoms with E-state index in [2.05, 4.69) is 0 Å². The average Bonchev–Trinajstić information content (AvgIpc) is 2.61. The second-order valence-corrected chi connectivity index (χ2v) is 6.47. The predicted molar refractivity (Wildman–Crippen MR) is 95.3 cm³/mol. The van der Waals surface area contributed by atoms with Gasteiger partial charge in [-0.2, -0.15) is 13.2 Å². The Kier molecular flexibility index (Phi) is 6.85. The first kappa shape index (κ1) is 20.8.